The van der Waals surface area contributed by atoms with Crippen LogP contribution in [0.15, 0.2) is 16.9 Å². The lowest BCUT2D eigenvalue weighted by molar-refractivity contribution is 0.348. The molecular formula is C17H21N5O3. The summed E-state index contributed by atoms with van der Waals surface area (Å²) in [6.07, 6.45) is 4.07. The van der Waals surface area contributed by atoms with Crippen molar-refractivity contribution in [3.8, 4) is 11.9 Å². The second-order valence-corrected chi connectivity index (χ2v) is 6.62. The molecule has 2 aliphatic carbocycles. The summed E-state index contributed by atoms with van der Waals surface area (Å²) < 4.78 is 10.2. The standard InChI is InChI=1S/C17H21N5O3/c1-24-15-8-13(20-17(22-15)25-2)18-11-5-10(6-11)12-7-14(23)21-16(19-12)9-3-4-9/h7-11H,3-6H2,1-2H3,(H,18,20,22)(H,19,21,23). The highest BCUT2D eigenvalue weighted by Crippen LogP contribution is 2.40. The molecule has 0 aliphatic heterocycles. The molecule has 2 aromatic heterocycles. The Hall–Kier alpha value is -2.64. The first-order chi connectivity index (χ1) is 12.1. The van der Waals surface area contributed by atoms with Crippen LogP contribution in [0, 0.1) is 0 Å². The highest BCUT2D eigenvalue weighted by molar-refractivity contribution is 5.41. The van der Waals surface area contributed by atoms with Gasteiger partial charge in [-0.25, -0.2) is 4.98 Å². The zero-order chi connectivity index (χ0) is 17.4. The lowest BCUT2D eigenvalue weighted by Crippen LogP contribution is -2.35. The SMILES string of the molecule is COc1cc(NC2CC(c3cc(=O)[nH]c(C4CC4)n3)C2)nc(OC)n1. The quantitative estimate of drug-likeness (QED) is 0.824. The minimum atomic E-state index is -0.0476. The van der Waals surface area contributed by atoms with Gasteiger partial charge >= 0.3 is 6.01 Å². The number of methoxy groups -OCH3 is 2. The number of H-pyrrole nitrogens is 1. The van der Waals surface area contributed by atoms with Crippen molar-refractivity contribution in [3.05, 3.63) is 34.0 Å². The fourth-order valence-electron chi connectivity index (χ4n) is 3.12. The lowest BCUT2D eigenvalue weighted by Gasteiger charge is -2.35. The maximum absolute atomic E-state index is 11.8. The molecule has 2 aliphatic rings. The Bertz CT molecular complexity index is 805. The number of ether oxygens (including phenoxy) is 2. The van der Waals surface area contributed by atoms with Crippen molar-refractivity contribution in [3.63, 3.8) is 0 Å². The van der Waals surface area contributed by atoms with Crippen molar-refractivity contribution in [1.29, 1.82) is 0 Å². The molecule has 8 nitrogen and oxygen atoms in total. The van der Waals surface area contributed by atoms with Crippen molar-refractivity contribution < 1.29 is 9.47 Å². The number of rotatable bonds is 6. The van der Waals surface area contributed by atoms with Crippen molar-refractivity contribution in [2.45, 2.75) is 43.6 Å². The number of nitrogens with zero attached hydrogens (tertiary/aromatic N) is 3. The van der Waals surface area contributed by atoms with Crippen molar-refractivity contribution in [2.24, 2.45) is 0 Å². The van der Waals surface area contributed by atoms with Gasteiger partial charge in [-0.15, -0.1) is 0 Å². The molecule has 0 amide bonds. The number of hydrogen-bond donors (Lipinski definition) is 2. The van der Waals surface area contributed by atoms with Gasteiger partial charge in [0, 0.05) is 30.0 Å². The first kappa shape index (κ1) is 15.9. The molecular weight excluding hydrogens is 322 g/mol. The Morgan fingerprint density at radius 3 is 2.56 bits per heavy atom. The summed E-state index contributed by atoms with van der Waals surface area (Å²) in [6.45, 7) is 0. The van der Waals surface area contributed by atoms with E-state index in [1.807, 2.05) is 0 Å². The summed E-state index contributed by atoms with van der Waals surface area (Å²) in [5.41, 5.74) is 0.857. The van der Waals surface area contributed by atoms with Crippen LogP contribution >= 0.6 is 0 Å². The van der Waals surface area contributed by atoms with Gasteiger partial charge in [-0.3, -0.25) is 4.79 Å². The number of aromatic amines is 1. The summed E-state index contributed by atoms with van der Waals surface area (Å²) in [6, 6.07) is 3.92. The summed E-state index contributed by atoms with van der Waals surface area (Å²) >= 11 is 0. The van der Waals surface area contributed by atoms with Gasteiger partial charge < -0.3 is 19.8 Å². The third-order valence-corrected chi connectivity index (χ3v) is 4.73. The lowest BCUT2D eigenvalue weighted by atomic mass is 9.78. The van der Waals surface area contributed by atoms with Crippen LogP contribution in [0.25, 0.3) is 0 Å². The first-order valence-electron chi connectivity index (χ1n) is 8.49. The van der Waals surface area contributed by atoms with E-state index in [2.05, 4.69) is 25.3 Å². The van der Waals surface area contributed by atoms with E-state index in [1.165, 1.54) is 7.11 Å². The van der Waals surface area contributed by atoms with Crippen LogP contribution in [-0.4, -0.2) is 40.2 Å². The molecule has 0 unspecified atom stereocenters. The van der Waals surface area contributed by atoms with Crippen LogP contribution in [0.4, 0.5) is 5.82 Å². The molecule has 2 N–H and O–H groups in total. The molecule has 2 fully saturated rings. The molecule has 0 spiro atoms. The van der Waals surface area contributed by atoms with E-state index in [1.54, 1.807) is 19.2 Å². The number of anilines is 1. The normalized spacial score (nSPS) is 22.2. The van der Waals surface area contributed by atoms with Crippen LogP contribution in [0.5, 0.6) is 11.9 Å². The van der Waals surface area contributed by atoms with E-state index < -0.39 is 0 Å². The second kappa shape index (κ2) is 6.34. The number of aromatic nitrogens is 4. The molecule has 0 atom stereocenters. The molecule has 2 aromatic rings. The molecule has 2 heterocycles. The van der Waals surface area contributed by atoms with E-state index in [4.69, 9.17) is 9.47 Å². The van der Waals surface area contributed by atoms with Crippen LogP contribution in [0.2, 0.25) is 0 Å². The van der Waals surface area contributed by atoms with Crippen LogP contribution in [0.1, 0.15) is 49.0 Å². The van der Waals surface area contributed by atoms with Gasteiger partial charge in [-0.2, -0.15) is 9.97 Å². The molecule has 25 heavy (non-hydrogen) atoms. The van der Waals surface area contributed by atoms with Gasteiger partial charge in [-0.05, 0) is 25.7 Å². The van der Waals surface area contributed by atoms with Gasteiger partial charge in [0.05, 0.1) is 19.9 Å². The van der Waals surface area contributed by atoms with Gasteiger partial charge in [0.25, 0.3) is 5.56 Å². The minimum Gasteiger partial charge on any atom is -0.481 e. The molecule has 4 rings (SSSR count). The summed E-state index contributed by atoms with van der Waals surface area (Å²) in [7, 11) is 3.08. The summed E-state index contributed by atoms with van der Waals surface area (Å²) in [5, 5.41) is 3.37. The Balaban J connectivity index is 1.42. The largest absolute Gasteiger partial charge is 0.481 e. The summed E-state index contributed by atoms with van der Waals surface area (Å²) in [5.74, 6) is 2.73. The topological polar surface area (TPSA) is 102 Å². The third-order valence-electron chi connectivity index (χ3n) is 4.73. The Morgan fingerprint density at radius 2 is 1.88 bits per heavy atom. The van der Waals surface area contributed by atoms with Gasteiger partial charge in [0.2, 0.25) is 5.88 Å². The third kappa shape index (κ3) is 3.42. The van der Waals surface area contributed by atoms with Crippen molar-refractivity contribution in [2.75, 3.05) is 19.5 Å². The Kier molecular flexibility index (Phi) is 4.03. The molecule has 0 saturated heterocycles. The number of nitrogens with one attached hydrogen (secondary N) is 2. The van der Waals surface area contributed by atoms with E-state index >= 15 is 0 Å². The molecule has 0 radical (unpaired) electrons. The monoisotopic (exact) mass is 343 g/mol. The summed E-state index contributed by atoms with van der Waals surface area (Å²) in [4.78, 5) is 27.7. The predicted octanol–water partition coefficient (Wildman–Crippen LogP) is 1.81. The van der Waals surface area contributed by atoms with Gasteiger partial charge in [0.15, 0.2) is 0 Å². The first-order valence-corrected chi connectivity index (χ1v) is 8.49. The maximum atomic E-state index is 11.8. The van der Waals surface area contributed by atoms with E-state index in [-0.39, 0.29) is 17.6 Å². The molecule has 132 valence electrons. The van der Waals surface area contributed by atoms with Crippen molar-refractivity contribution in [1.82, 2.24) is 19.9 Å². The smallest absolute Gasteiger partial charge is 0.321 e. The Labute approximate surface area is 145 Å². The fraction of sp³-hybridized carbons (Fsp3) is 0.529. The van der Waals surface area contributed by atoms with Crippen molar-refractivity contribution >= 4 is 5.82 Å². The zero-order valence-electron chi connectivity index (χ0n) is 14.3. The van der Waals surface area contributed by atoms with Crippen LogP contribution < -0.4 is 20.3 Å². The Morgan fingerprint density at radius 1 is 1.08 bits per heavy atom. The molecule has 2 saturated carbocycles. The van der Waals surface area contributed by atoms with E-state index in [9.17, 15) is 4.79 Å². The molecule has 0 aromatic carbocycles. The zero-order valence-corrected chi connectivity index (χ0v) is 14.3. The minimum absolute atomic E-state index is 0.0476. The van der Waals surface area contributed by atoms with E-state index in [0.29, 0.717) is 23.5 Å². The number of hydrogen-bond acceptors (Lipinski definition) is 7. The van der Waals surface area contributed by atoms with E-state index in [0.717, 1.165) is 37.2 Å². The van der Waals surface area contributed by atoms with Gasteiger partial charge in [-0.1, -0.05) is 0 Å². The molecule has 8 heteroatoms. The highest BCUT2D eigenvalue weighted by Gasteiger charge is 2.33. The highest BCUT2D eigenvalue weighted by atomic mass is 16.5. The average molecular weight is 343 g/mol. The average Bonchev–Trinajstić information content (AvgIpc) is 3.41. The van der Waals surface area contributed by atoms with Crippen LogP contribution in [0.3, 0.4) is 0 Å². The van der Waals surface area contributed by atoms with Gasteiger partial charge in [0.1, 0.15) is 11.6 Å². The fourth-order valence-corrected chi connectivity index (χ4v) is 3.12. The maximum Gasteiger partial charge on any atom is 0.321 e. The molecule has 0 bridgehead atoms. The predicted molar refractivity (Wildman–Crippen MR) is 91.4 cm³/mol. The second-order valence-electron chi connectivity index (χ2n) is 6.62. The van der Waals surface area contributed by atoms with Crippen LogP contribution in [-0.2, 0) is 0 Å².